The molecule has 4 heterocycles. The van der Waals surface area contributed by atoms with Crippen LogP contribution in [-0.4, -0.2) is 62.9 Å². The van der Waals surface area contributed by atoms with E-state index in [1.165, 1.54) is 28.4 Å². The molecule has 10 nitrogen and oxygen atoms in total. The number of β-lactam (4-membered cyclic amide) rings is 1. The van der Waals surface area contributed by atoms with Crippen LogP contribution in [0.5, 0.6) is 5.75 Å². The van der Waals surface area contributed by atoms with Crippen molar-refractivity contribution >= 4 is 47.4 Å². The molecule has 12 heteroatoms. The first kappa shape index (κ1) is 30.2. The number of carbonyl (C=O) groups is 3. The first-order valence-corrected chi connectivity index (χ1v) is 16.0. The van der Waals surface area contributed by atoms with Crippen LogP contribution in [-0.2, 0) is 25.7 Å². The SMILES string of the molecule is COc1ccc(COC(=O)C2=C(/C=C/c3cc(-c4ccccn4)no3)CS[C@@H]3[C@H](NC(=O)CSc4ccccc4)C(=O)N23)cc1. The summed E-state index contributed by atoms with van der Waals surface area (Å²) >= 11 is 2.85. The number of hydrogen-bond donors (Lipinski definition) is 1. The monoisotopic (exact) mass is 640 g/mol. The number of allylic oxidation sites excluding steroid dienone is 1. The van der Waals surface area contributed by atoms with E-state index in [9.17, 15) is 14.4 Å². The Hall–Kier alpha value is -4.81. The van der Waals surface area contributed by atoms with Gasteiger partial charge in [0.15, 0.2) is 5.76 Å². The van der Waals surface area contributed by atoms with Crippen LogP contribution in [0.15, 0.2) is 112 Å². The number of rotatable bonds is 11. The second kappa shape index (κ2) is 13.9. The maximum absolute atomic E-state index is 13.6. The van der Waals surface area contributed by atoms with Gasteiger partial charge < -0.3 is 19.3 Å². The van der Waals surface area contributed by atoms with Crippen molar-refractivity contribution in [3.05, 3.63) is 114 Å². The van der Waals surface area contributed by atoms with E-state index >= 15 is 0 Å². The number of carbonyl (C=O) groups excluding carboxylic acids is 3. The lowest BCUT2D eigenvalue weighted by Crippen LogP contribution is -2.70. The minimum absolute atomic E-state index is 0.00950. The molecular formula is C33H28N4O6S2. The number of methoxy groups -OCH3 is 1. The molecule has 0 saturated carbocycles. The molecule has 4 aromatic rings. The minimum atomic E-state index is -0.746. The molecule has 6 rings (SSSR count). The highest BCUT2D eigenvalue weighted by Crippen LogP contribution is 2.41. The van der Waals surface area contributed by atoms with Crippen LogP contribution < -0.4 is 10.1 Å². The molecule has 0 radical (unpaired) electrons. The highest BCUT2D eigenvalue weighted by atomic mass is 32.2. The Bertz CT molecular complexity index is 1740. The summed E-state index contributed by atoms with van der Waals surface area (Å²) in [6.07, 6.45) is 5.09. The standard InChI is InChI=1S/C33H28N4O6S2/c1-41-23-13-10-21(11-14-23)18-42-33(40)30-22(12-15-24-17-27(36-43-24)26-9-5-6-16-34-26)19-45-32-29(31(39)37(30)32)35-28(38)20-44-25-7-3-2-4-8-25/h2-17,29,32H,18-20H2,1H3,(H,35,38)/b15-12+/t29-,32-/m1/s1. The zero-order valence-electron chi connectivity index (χ0n) is 24.1. The Morgan fingerprint density at radius 3 is 2.62 bits per heavy atom. The number of pyridine rings is 1. The molecule has 1 saturated heterocycles. The second-order valence-electron chi connectivity index (χ2n) is 10.0. The molecule has 0 aliphatic carbocycles. The van der Waals surface area contributed by atoms with E-state index in [4.69, 9.17) is 14.0 Å². The van der Waals surface area contributed by atoms with E-state index in [1.807, 2.05) is 48.5 Å². The van der Waals surface area contributed by atoms with Gasteiger partial charge in [0.2, 0.25) is 5.91 Å². The van der Waals surface area contributed by atoms with Crippen molar-refractivity contribution in [1.29, 1.82) is 0 Å². The van der Waals surface area contributed by atoms with Gasteiger partial charge >= 0.3 is 5.97 Å². The first-order chi connectivity index (χ1) is 22.0. The zero-order chi connectivity index (χ0) is 31.2. The van der Waals surface area contributed by atoms with Crippen molar-refractivity contribution in [1.82, 2.24) is 20.4 Å². The lowest BCUT2D eigenvalue weighted by molar-refractivity contribution is -0.153. The van der Waals surface area contributed by atoms with E-state index in [-0.39, 0.29) is 29.9 Å². The van der Waals surface area contributed by atoms with Gasteiger partial charge in [0.25, 0.3) is 5.91 Å². The number of fused-ring (bicyclic) bond motifs is 1. The molecule has 0 bridgehead atoms. The van der Waals surface area contributed by atoms with Crippen LogP contribution in [0.4, 0.5) is 0 Å². The Balaban J connectivity index is 1.19. The van der Waals surface area contributed by atoms with Gasteiger partial charge in [0.05, 0.1) is 18.6 Å². The highest BCUT2D eigenvalue weighted by Gasteiger charge is 2.54. The molecule has 228 valence electrons. The summed E-state index contributed by atoms with van der Waals surface area (Å²) < 4.78 is 16.3. The topological polar surface area (TPSA) is 124 Å². The molecule has 2 atom stereocenters. The van der Waals surface area contributed by atoms with Crippen LogP contribution in [0.3, 0.4) is 0 Å². The third-order valence-corrected chi connectivity index (χ3v) is 9.37. The quantitative estimate of drug-likeness (QED) is 0.137. The Kier molecular flexibility index (Phi) is 9.32. The third-order valence-electron chi connectivity index (χ3n) is 7.05. The molecule has 0 unspecified atom stereocenters. The van der Waals surface area contributed by atoms with Gasteiger partial charge in [-0.05, 0) is 53.6 Å². The normalized spacial score (nSPS) is 17.5. The van der Waals surface area contributed by atoms with Gasteiger partial charge in [-0.25, -0.2) is 4.79 Å². The number of benzene rings is 2. The van der Waals surface area contributed by atoms with E-state index in [0.717, 1.165) is 10.5 Å². The maximum Gasteiger partial charge on any atom is 0.355 e. The van der Waals surface area contributed by atoms with Crippen LogP contribution in [0.1, 0.15) is 11.3 Å². The zero-order valence-corrected chi connectivity index (χ0v) is 25.8. The fraction of sp³-hybridized carbons (Fsp3) is 0.182. The molecule has 45 heavy (non-hydrogen) atoms. The molecule has 1 fully saturated rings. The van der Waals surface area contributed by atoms with Crippen molar-refractivity contribution in [2.45, 2.75) is 22.9 Å². The summed E-state index contributed by atoms with van der Waals surface area (Å²) in [4.78, 5) is 46.4. The lowest BCUT2D eigenvalue weighted by Gasteiger charge is -2.49. The summed E-state index contributed by atoms with van der Waals surface area (Å²) in [5.74, 6) is 0.456. The molecule has 2 amide bonds. The number of ether oxygens (including phenoxy) is 2. The Morgan fingerprint density at radius 1 is 1.07 bits per heavy atom. The summed E-state index contributed by atoms with van der Waals surface area (Å²) in [5, 5.41) is 6.49. The fourth-order valence-electron chi connectivity index (χ4n) is 4.77. The number of aromatic nitrogens is 2. The number of amides is 2. The first-order valence-electron chi connectivity index (χ1n) is 14.0. The van der Waals surface area contributed by atoms with Crippen molar-refractivity contribution in [2.75, 3.05) is 18.6 Å². The van der Waals surface area contributed by atoms with Gasteiger partial charge in [-0.2, -0.15) is 0 Å². The van der Waals surface area contributed by atoms with Gasteiger partial charge in [0, 0.05) is 22.9 Å². The molecule has 2 aliphatic heterocycles. The Labute approximate surface area is 267 Å². The smallest absolute Gasteiger partial charge is 0.355 e. The summed E-state index contributed by atoms with van der Waals surface area (Å²) in [6, 6.07) is 23.2. The fourth-order valence-corrected chi connectivity index (χ4v) is 6.81. The second-order valence-corrected chi connectivity index (χ2v) is 12.2. The molecule has 2 aliphatic rings. The minimum Gasteiger partial charge on any atom is -0.497 e. The summed E-state index contributed by atoms with van der Waals surface area (Å²) in [5.41, 5.74) is 2.73. The van der Waals surface area contributed by atoms with Gasteiger partial charge in [-0.15, -0.1) is 23.5 Å². The molecule has 2 aromatic heterocycles. The predicted molar refractivity (Wildman–Crippen MR) is 171 cm³/mol. The van der Waals surface area contributed by atoms with Crippen LogP contribution >= 0.6 is 23.5 Å². The number of nitrogens with zero attached hydrogens (tertiary/aromatic N) is 3. The van der Waals surface area contributed by atoms with E-state index < -0.39 is 17.4 Å². The Morgan fingerprint density at radius 2 is 1.87 bits per heavy atom. The van der Waals surface area contributed by atoms with Crippen molar-refractivity contribution in [3.8, 4) is 17.1 Å². The predicted octanol–water partition coefficient (Wildman–Crippen LogP) is 4.95. The molecule has 1 N–H and O–H groups in total. The van der Waals surface area contributed by atoms with Crippen LogP contribution in [0, 0.1) is 0 Å². The van der Waals surface area contributed by atoms with Gasteiger partial charge in [-0.3, -0.25) is 19.5 Å². The molecular weight excluding hydrogens is 613 g/mol. The number of esters is 1. The van der Waals surface area contributed by atoms with E-state index in [0.29, 0.717) is 34.2 Å². The highest BCUT2D eigenvalue weighted by molar-refractivity contribution is 8.00. The van der Waals surface area contributed by atoms with Gasteiger partial charge in [-0.1, -0.05) is 47.6 Å². The average Bonchev–Trinajstić information content (AvgIpc) is 3.57. The largest absolute Gasteiger partial charge is 0.497 e. The molecule has 0 spiro atoms. The van der Waals surface area contributed by atoms with Crippen molar-refractivity contribution in [2.24, 2.45) is 0 Å². The van der Waals surface area contributed by atoms with Crippen LogP contribution in [0.2, 0.25) is 0 Å². The number of hydrogen-bond acceptors (Lipinski definition) is 10. The van der Waals surface area contributed by atoms with Crippen molar-refractivity contribution in [3.63, 3.8) is 0 Å². The maximum atomic E-state index is 13.6. The van der Waals surface area contributed by atoms with Crippen LogP contribution in [0.25, 0.3) is 17.5 Å². The lowest BCUT2D eigenvalue weighted by atomic mass is 10.0. The molecule has 2 aromatic carbocycles. The van der Waals surface area contributed by atoms with E-state index in [1.54, 1.807) is 55.8 Å². The number of thioether (sulfide) groups is 2. The van der Waals surface area contributed by atoms with Gasteiger partial charge in [0.1, 0.15) is 35.2 Å². The third kappa shape index (κ3) is 6.97. The van der Waals surface area contributed by atoms with Crippen molar-refractivity contribution < 1.29 is 28.4 Å². The summed E-state index contributed by atoms with van der Waals surface area (Å²) in [7, 11) is 1.58. The van der Waals surface area contributed by atoms with E-state index in [2.05, 4.69) is 15.5 Å². The summed E-state index contributed by atoms with van der Waals surface area (Å²) in [6.45, 7) is 0.00950. The average molecular weight is 641 g/mol. The number of nitrogens with one attached hydrogen (secondary N) is 1.